The Balaban J connectivity index is 1.22. The second-order valence-electron chi connectivity index (χ2n) is 9.22. The van der Waals surface area contributed by atoms with Crippen molar-refractivity contribution in [1.29, 1.82) is 0 Å². The van der Waals surface area contributed by atoms with E-state index >= 15 is 0 Å². The molecule has 0 saturated carbocycles. The number of carbonyl (C=O) groups is 1. The molecule has 0 bridgehead atoms. The molecule has 10 heteroatoms. The third-order valence-electron chi connectivity index (χ3n) is 6.54. The van der Waals surface area contributed by atoms with Crippen molar-refractivity contribution < 1.29 is 23.5 Å². The lowest BCUT2D eigenvalue weighted by Crippen LogP contribution is -2.40. The standard InChI is InChI=1S/C29H29ClN4O5/c1-36-22-8-5-19(6-9-22)28-32-27(39-33-28)18-34-15-3-4-20(17-34)29(35)31-25-16-21(30)7-14-26(25)38-24-12-10-23(37-2)11-13-24/h5-14,16,20H,3-4,15,17-18H2,1-2H3,(H,31,35). The predicted molar refractivity (Wildman–Crippen MR) is 147 cm³/mol. The van der Waals surface area contributed by atoms with Gasteiger partial charge in [-0.3, -0.25) is 9.69 Å². The smallest absolute Gasteiger partial charge is 0.241 e. The summed E-state index contributed by atoms with van der Waals surface area (Å²) in [4.78, 5) is 20.0. The van der Waals surface area contributed by atoms with E-state index in [2.05, 4.69) is 20.4 Å². The van der Waals surface area contributed by atoms with Crippen LogP contribution >= 0.6 is 11.6 Å². The minimum Gasteiger partial charge on any atom is -0.497 e. The molecule has 9 nitrogen and oxygen atoms in total. The van der Waals surface area contributed by atoms with E-state index in [1.807, 2.05) is 36.4 Å². The van der Waals surface area contributed by atoms with Crippen LogP contribution in [0.15, 0.2) is 71.3 Å². The molecule has 39 heavy (non-hydrogen) atoms. The minimum atomic E-state index is -0.212. The maximum absolute atomic E-state index is 13.3. The van der Waals surface area contributed by atoms with E-state index in [0.717, 1.165) is 36.4 Å². The lowest BCUT2D eigenvalue weighted by atomic mass is 9.97. The molecular weight excluding hydrogens is 520 g/mol. The Kier molecular flexibility index (Phi) is 8.29. The van der Waals surface area contributed by atoms with Crippen molar-refractivity contribution in [2.24, 2.45) is 5.92 Å². The largest absolute Gasteiger partial charge is 0.497 e. The number of nitrogens with one attached hydrogen (secondary N) is 1. The monoisotopic (exact) mass is 548 g/mol. The summed E-state index contributed by atoms with van der Waals surface area (Å²) in [6.07, 6.45) is 1.65. The number of amides is 1. The van der Waals surface area contributed by atoms with Crippen LogP contribution in [0.25, 0.3) is 11.4 Å². The first kappa shape index (κ1) is 26.5. The van der Waals surface area contributed by atoms with Gasteiger partial charge in [0.1, 0.15) is 17.2 Å². The number of methoxy groups -OCH3 is 2. The number of rotatable bonds is 9. The van der Waals surface area contributed by atoms with Gasteiger partial charge in [0.2, 0.25) is 17.6 Å². The number of ether oxygens (including phenoxy) is 3. The van der Waals surface area contributed by atoms with Crippen LogP contribution in [-0.2, 0) is 11.3 Å². The fourth-order valence-electron chi connectivity index (χ4n) is 4.48. The van der Waals surface area contributed by atoms with Gasteiger partial charge in [0.15, 0.2) is 5.75 Å². The van der Waals surface area contributed by atoms with Gasteiger partial charge in [0, 0.05) is 17.1 Å². The van der Waals surface area contributed by atoms with E-state index in [1.54, 1.807) is 44.6 Å². The molecule has 1 atom stereocenters. The predicted octanol–water partition coefficient (Wildman–Crippen LogP) is 6.05. The van der Waals surface area contributed by atoms with Gasteiger partial charge in [-0.1, -0.05) is 16.8 Å². The fourth-order valence-corrected chi connectivity index (χ4v) is 4.65. The number of nitrogens with zero attached hydrogens (tertiary/aromatic N) is 3. The molecule has 4 aromatic rings. The summed E-state index contributed by atoms with van der Waals surface area (Å²) in [5.41, 5.74) is 1.36. The molecule has 3 aromatic carbocycles. The average Bonchev–Trinajstić information content (AvgIpc) is 3.43. The number of benzene rings is 3. The van der Waals surface area contributed by atoms with Crippen LogP contribution in [0.1, 0.15) is 18.7 Å². The maximum atomic E-state index is 13.3. The van der Waals surface area contributed by atoms with E-state index < -0.39 is 0 Å². The third-order valence-corrected chi connectivity index (χ3v) is 6.77. The number of hydrogen-bond acceptors (Lipinski definition) is 8. The highest BCUT2D eigenvalue weighted by Crippen LogP contribution is 2.33. The molecule has 1 unspecified atom stereocenters. The summed E-state index contributed by atoms with van der Waals surface area (Å²) in [7, 11) is 3.23. The molecule has 1 fully saturated rings. The second-order valence-corrected chi connectivity index (χ2v) is 9.66. The van der Waals surface area contributed by atoms with E-state index in [0.29, 0.717) is 47.0 Å². The van der Waals surface area contributed by atoms with Crippen molar-refractivity contribution in [1.82, 2.24) is 15.0 Å². The van der Waals surface area contributed by atoms with E-state index in [9.17, 15) is 4.79 Å². The zero-order valence-electron chi connectivity index (χ0n) is 21.7. The number of anilines is 1. The number of aromatic nitrogens is 2. The molecule has 0 radical (unpaired) electrons. The number of carbonyl (C=O) groups excluding carboxylic acids is 1. The number of hydrogen-bond donors (Lipinski definition) is 1. The van der Waals surface area contributed by atoms with Gasteiger partial charge >= 0.3 is 0 Å². The van der Waals surface area contributed by atoms with Crippen molar-refractivity contribution in [3.63, 3.8) is 0 Å². The molecule has 1 aliphatic heterocycles. The number of piperidine rings is 1. The summed E-state index contributed by atoms with van der Waals surface area (Å²) in [6.45, 7) is 1.88. The van der Waals surface area contributed by atoms with Gasteiger partial charge in [-0.25, -0.2) is 0 Å². The minimum absolute atomic E-state index is 0.0917. The van der Waals surface area contributed by atoms with Crippen molar-refractivity contribution >= 4 is 23.2 Å². The van der Waals surface area contributed by atoms with Crippen LogP contribution in [0.3, 0.4) is 0 Å². The fraction of sp³-hybridized carbons (Fsp3) is 0.276. The lowest BCUT2D eigenvalue weighted by Gasteiger charge is -2.31. The first-order valence-corrected chi connectivity index (χ1v) is 13.0. The van der Waals surface area contributed by atoms with Gasteiger partial charge in [-0.2, -0.15) is 4.98 Å². The molecule has 5 rings (SSSR count). The molecule has 1 aliphatic rings. The summed E-state index contributed by atoms with van der Waals surface area (Å²) in [5.74, 6) is 3.33. The second kappa shape index (κ2) is 12.2. The normalized spacial score (nSPS) is 15.5. The van der Waals surface area contributed by atoms with Crippen LogP contribution in [0, 0.1) is 5.92 Å². The Bertz CT molecular complexity index is 1410. The van der Waals surface area contributed by atoms with E-state index in [4.69, 9.17) is 30.3 Å². The van der Waals surface area contributed by atoms with Crippen molar-refractivity contribution in [2.45, 2.75) is 19.4 Å². The Morgan fingerprint density at radius 2 is 1.72 bits per heavy atom. The molecule has 0 spiro atoms. The van der Waals surface area contributed by atoms with Gasteiger partial charge in [-0.15, -0.1) is 0 Å². The highest BCUT2D eigenvalue weighted by Gasteiger charge is 2.28. The number of likely N-dealkylation sites (tertiary alicyclic amines) is 1. The summed E-state index contributed by atoms with van der Waals surface area (Å²) >= 11 is 6.24. The average molecular weight is 549 g/mol. The molecule has 0 aliphatic carbocycles. The first-order chi connectivity index (χ1) is 19.0. The van der Waals surface area contributed by atoms with Crippen molar-refractivity contribution in [2.75, 3.05) is 32.6 Å². The topological polar surface area (TPSA) is 99.0 Å². The maximum Gasteiger partial charge on any atom is 0.241 e. The van der Waals surface area contributed by atoms with Crippen LogP contribution < -0.4 is 19.5 Å². The van der Waals surface area contributed by atoms with E-state index in [1.165, 1.54) is 0 Å². The highest BCUT2D eigenvalue weighted by atomic mass is 35.5. The Morgan fingerprint density at radius 1 is 1.03 bits per heavy atom. The highest BCUT2D eigenvalue weighted by molar-refractivity contribution is 6.31. The summed E-state index contributed by atoms with van der Waals surface area (Å²) in [5, 5.41) is 7.64. The summed E-state index contributed by atoms with van der Waals surface area (Å²) < 4.78 is 21.9. The van der Waals surface area contributed by atoms with Gasteiger partial charge in [0.25, 0.3) is 0 Å². The zero-order chi connectivity index (χ0) is 27.2. The molecule has 1 saturated heterocycles. The van der Waals surface area contributed by atoms with Crippen LogP contribution in [-0.4, -0.2) is 48.3 Å². The Labute approximate surface area is 231 Å². The van der Waals surface area contributed by atoms with Gasteiger partial charge in [0.05, 0.1) is 32.4 Å². The SMILES string of the molecule is COc1ccc(Oc2ccc(Cl)cc2NC(=O)C2CCCN(Cc3nc(-c4ccc(OC)cc4)no3)C2)cc1. The Hall–Kier alpha value is -4.08. The van der Waals surface area contributed by atoms with Crippen molar-refractivity contribution in [3.05, 3.63) is 77.6 Å². The molecular formula is C29H29ClN4O5. The van der Waals surface area contributed by atoms with Crippen molar-refractivity contribution in [3.8, 4) is 34.4 Å². The third kappa shape index (κ3) is 6.68. The lowest BCUT2D eigenvalue weighted by molar-refractivity contribution is -0.121. The summed E-state index contributed by atoms with van der Waals surface area (Å²) in [6, 6.07) is 19.9. The molecule has 2 heterocycles. The quantitative estimate of drug-likeness (QED) is 0.270. The van der Waals surface area contributed by atoms with E-state index in [-0.39, 0.29) is 11.8 Å². The van der Waals surface area contributed by atoms with Crippen LogP contribution in [0.4, 0.5) is 5.69 Å². The molecule has 1 N–H and O–H groups in total. The Morgan fingerprint density at radius 3 is 2.44 bits per heavy atom. The molecule has 202 valence electrons. The molecule has 1 amide bonds. The first-order valence-electron chi connectivity index (χ1n) is 12.6. The van der Waals surface area contributed by atoms with Gasteiger partial charge in [-0.05, 0) is 86.1 Å². The molecule has 1 aromatic heterocycles. The van der Waals surface area contributed by atoms with Crippen LogP contribution in [0.5, 0.6) is 23.0 Å². The van der Waals surface area contributed by atoms with Gasteiger partial charge < -0.3 is 24.1 Å². The zero-order valence-corrected chi connectivity index (χ0v) is 22.5. The number of halogens is 1. The van der Waals surface area contributed by atoms with Crippen LogP contribution in [0.2, 0.25) is 5.02 Å².